The van der Waals surface area contributed by atoms with Crippen LogP contribution in [-0.2, 0) is 19.1 Å². The van der Waals surface area contributed by atoms with Gasteiger partial charge in [-0.2, -0.15) is 0 Å². The zero-order valence-electron chi connectivity index (χ0n) is 16.7. The Morgan fingerprint density at radius 2 is 1.81 bits per heavy atom. The van der Waals surface area contributed by atoms with Crippen LogP contribution in [0.25, 0.3) is 0 Å². The lowest BCUT2D eigenvalue weighted by Gasteiger charge is -2.23. The van der Waals surface area contributed by atoms with Crippen molar-refractivity contribution in [2.45, 2.75) is 77.4 Å². The minimum atomic E-state index is -0.759. The van der Waals surface area contributed by atoms with Gasteiger partial charge in [-0.15, -0.1) is 0 Å². The molecule has 0 aliphatic rings. The van der Waals surface area contributed by atoms with E-state index in [1.54, 1.807) is 20.8 Å². The average molecular weight is 386 g/mol. The monoisotopic (exact) mass is 386 g/mol. The van der Waals surface area contributed by atoms with Crippen molar-refractivity contribution in [1.82, 2.24) is 5.32 Å². The van der Waals surface area contributed by atoms with Crippen LogP contribution in [0.2, 0.25) is 0 Å². The van der Waals surface area contributed by atoms with Gasteiger partial charge in [0.25, 0.3) is 0 Å². The maximum atomic E-state index is 11.9. The van der Waals surface area contributed by atoms with Gasteiger partial charge in [-0.3, -0.25) is 9.59 Å². The number of carbonyl (C=O) groups is 3. The molecular weight excluding hydrogens is 352 g/mol. The summed E-state index contributed by atoms with van der Waals surface area (Å²) < 4.78 is 10.7. The van der Waals surface area contributed by atoms with Crippen LogP contribution < -0.4 is 11.1 Å². The number of nitrogens with two attached hydrogens (primary N) is 1. The third-order valence-corrected chi connectivity index (χ3v) is 3.42. The molecule has 0 heterocycles. The number of aliphatic carboxylic acids is 1. The highest BCUT2D eigenvalue weighted by Crippen LogP contribution is 2.08. The topological polar surface area (TPSA) is 128 Å². The Kier molecular flexibility index (Phi) is 12.9. The zero-order chi connectivity index (χ0) is 20.7. The van der Waals surface area contributed by atoms with Crippen molar-refractivity contribution in [2.24, 2.45) is 5.73 Å². The Hall–Kier alpha value is -2.09. The molecule has 0 aromatic carbocycles. The Morgan fingerprint density at radius 1 is 1.11 bits per heavy atom. The van der Waals surface area contributed by atoms with Crippen LogP contribution in [0.1, 0.15) is 65.7 Å². The summed E-state index contributed by atoms with van der Waals surface area (Å²) in [4.78, 5) is 33.2. The number of carbonyl (C=O) groups excluding carboxylic acids is 2. The number of hydrogen-bond acceptors (Lipinski definition) is 5. The minimum Gasteiger partial charge on any atom is -0.481 e. The molecule has 8 nitrogen and oxygen atoms in total. The van der Waals surface area contributed by atoms with Crippen LogP contribution in [0.4, 0.5) is 4.79 Å². The summed E-state index contributed by atoms with van der Waals surface area (Å²) in [5.41, 5.74) is 4.56. The van der Waals surface area contributed by atoms with Crippen LogP contribution >= 0.6 is 0 Å². The first-order valence-corrected chi connectivity index (χ1v) is 9.32. The van der Waals surface area contributed by atoms with E-state index in [0.717, 1.165) is 19.3 Å². The Morgan fingerprint density at radius 3 is 2.41 bits per heavy atom. The molecule has 0 spiro atoms. The van der Waals surface area contributed by atoms with Gasteiger partial charge in [0.1, 0.15) is 5.60 Å². The minimum absolute atomic E-state index is 0.149. The van der Waals surface area contributed by atoms with E-state index >= 15 is 0 Å². The van der Waals surface area contributed by atoms with E-state index in [9.17, 15) is 14.4 Å². The number of hydrogen-bond donors (Lipinski definition) is 3. The molecule has 0 aromatic rings. The fourth-order valence-electron chi connectivity index (χ4n) is 2.17. The summed E-state index contributed by atoms with van der Waals surface area (Å²) in [6.07, 6.45) is 7.43. The second-order valence-corrected chi connectivity index (χ2v) is 7.35. The van der Waals surface area contributed by atoms with Gasteiger partial charge in [0, 0.05) is 12.8 Å². The van der Waals surface area contributed by atoms with Crippen molar-refractivity contribution in [3.8, 4) is 0 Å². The summed E-state index contributed by atoms with van der Waals surface area (Å²) in [5.74, 6) is -1.20. The summed E-state index contributed by atoms with van der Waals surface area (Å²) in [6.45, 7) is 5.95. The van der Waals surface area contributed by atoms with E-state index in [0.29, 0.717) is 19.4 Å². The van der Waals surface area contributed by atoms with Crippen molar-refractivity contribution in [1.29, 1.82) is 0 Å². The summed E-state index contributed by atoms with van der Waals surface area (Å²) in [6, 6.07) is -0.364. The predicted molar refractivity (Wildman–Crippen MR) is 102 cm³/mol. The van der Waals surface area contributed by atoms with Crippen molar-refractivity contribution in [2.75, 3.05) is 13.2 Å². The second kappa shape index (κ2) is 14.0. The molecule has 0 aliphatic carbocycles. The van der Waals surface area contributed by atoms with Gasteiger partial charge in [0.05, 0.1) is 19.3 Å². The molecule has 2 amide bonds. The molecule has 1 atom stereocenters. The molecule has 156 valence electrons. The Labute approximate surface area is 161 Å². The molecule has 0 aliphatic heterocycles. The van der Waals surface area contributed by atoms with Gasteiger partial charge >= 0.3 is 12.1 Å². The van der Waals surface area contributed by atoms with Crippen molar-refractivity contribution in [3.63, 3.8) is 0 Å². The molecule has 0 rings (SSSR count). The number of primary amides is 1. The number of amides is 2. The van der Waals surface area contributed by atoms with Crippen LogP contribution in [0, 0.1) is 0 Å². The normalized spacial score (nSPS) is 12.7. The number of allylic oxidation sites excluding steroid dienone is 1. The highest BCUT2D eigenvalue weighted by atomic mass is 16.6. The lowest BCUT2D eigenvalue weighted by molar-refractivity contribution is -0.137. The van der Waals surface area contributed by atoms with E-state index < -0.39 is 23.6 Å². The van der Waals surface area contributed by atoms with Crippen molar-refractivity contribution >= 4 is 18.0 Å². The Bertz CT molecular complexity index is 485. The molecule has 4 N–H and O–H groups in total. The molecule has 27 heavy (non-hydrogen) atoms. The van der Waals surface area contributed by atoms with Gasteiger partial charge < -0.3 is 25.6 Å². The first-order chi connectivity index (χ1) is 12.6. The first-order valence-electron chi connectivity index (χ1n) is 9.32. The largest absolute Gasteiger partial charge is 0.481 e. The zero-order valence-corrected chi connectivity index (χ0v) is 16.7. The highest BCUT2D eigenvalue weighted by molar-refractivity contribution is 5.74. The second-order valence-electron chi connectivity index (χ2n) is 7.35. The number of unbranched alkanes of at least 4 members (excludes halogenated alkanes) is 3. The van der Waals surface area contributed by atoms with Crippen molar-refractivity contribution in [3.05, 3.63) is 12.2 Å². The molecule has 8 heteroatoms. The highest BCUT2D eigenvalue weighted by Gasteiger charge is 2.20. The van der Waals surface area contributed by atoms with E-state index in [4.69, 9.17) is 20.3 Å². The van der Waals surface area contributed by atoms with Gasteiger partial charge in [0.2, 0.25) is 5.91 Å². The summed E-state index contributed by atoms with van der Waals surface area (Å²) in [7, 11) is 0. The van der Waals surface area contributed by atoms with Gasteiger partial charge in [-0.1, -0.05) is 18.6 Å². The van der Waals surface area contributed by atoms with Gasteiger partial charge in [-0.05, 0) is 46.5 Å². The molecule has 0 saturated heterocycles. The van der Waals surface area contributed by atoms with Gasteiger partial charge in [-0.25, -0.2) is 4.79 Å². The Balaban J connectivity index is 4.06. The smallest absolute Gasteiger partial charge is 0.407 e. The standard InChI is InChI=1S/C19H34N2O6/c1-19(2,3)27-18(25)21-15(11-12-16(20)22)14-26-13-9-7-5-4-6-8-10-17(23)24/h7,9,15H,4-6,8,10-14H2,1-3H3,(H2,20,22)(H,21,25)(H,23,24)/b9-7-. The number of carboxylic acids is 1. The van der Waals surface area contributed by atoms with Gasteiger partial charge in [0.15, 0.2) is 0 Å². The molecule has 0 fully saturated rings. The van der Waals surface area contributed by atoms with Crippen molar-refractivity contribution < 1.29 is 29.0 Å². The van der Waals surface area contributed by atoms with E-state index in [1.807, 2.05) is 12.2 Å². The number of alkyl carbamates (subject to hydrolysis) is 1. The predicted octanol–water partition coefficient (Wildman–Crippen LogP) is 2.75. The number of carboxylic acid groups (broad SMARTS) is 1. The third-order valence-electron chi connectivity index (χ3n) is 3.42. The quantitative estimate of drug-likeness (QED) is 0.311. The molecule has 1 unspecified atom stereocenters. The van der Waals surface area contributed by atoms with Crippen LogP contribution in [0.15, 0.2) is 12.2 Å². The van der Waals surface area contributed by atoms with Crippen LogP contribution in [0.3, 0.4) is 0 Å². The maximum Gasteiger partial charge on any atom is 0.407 e. The lowest BCUT2D eigenvalue weighted by atomic mass is 10.1. The SMILES string of the molecule is CC(C)(C)OC(=O)NC(CCC(N)=O)COC/C=C\CCCCCC(=O)O. The van der Waals surface area contributed by atoms with Crippen LogP contribution in [0.5, 0.6) is 0 Å². The molecule has 0 bridgehead atoms. The molecule has 0 aromatic heterocycles. The number of ether oxygens (including phenoxy) is 2. The van der Waals surface area contributed by atoms with Crippen LogP contribution in [-0.4, -0.2) is 47.9 Å². The number of rotatable bonds is 14. The fraction of sp³-hybridized carbons (Fsp3) is 0.737. The molecular formula is C19H34N2O6. The first kappa shape index (κ1) is 24.9. The summed E-state index contributed by atoms with van der Waals surface area (Å²) >= 11 is 0. The number of nitrogens with one attached hydrogen (secondary N) is 1. The summed E-state index contributed by atoms with van der Waals surface area (Å²) in [5, 5.41) is 11.2. The molecule has 0 saturated carbocycles. The van der Waals surface area contributed by atoms with E-state index in [1.165, 1.54) is 0 Å². The van der Waals surface area contributed by atoms with E-state index in [-0.39, 0.29) is 25.5 Å². The fourth-order valence-corrected chi connectivity index (χ4v) is 2.17. The maximum absolute atomic E-state index is 11.9. The average Bonchev–Trinajstić information content (AvgIpc) is 2.51. The lowest BCUT2D eigenvalue weighted by Crippen LogP contribution is -2.42. The molecule has 0 radical (unpaired) electrons. The van der Waals surface area contributed by atoms with E-state index in [2.05, 4.69) is 5.32 Å². The third kappa shape index (κ3) is 18.5.